The Morgan fingerprint density at radius 1 is 0.967 bits per heavy atom. The summed E-state index contributed by atoms with van der Waals surface area (Å²) in [5.41, 5.74) is 5.80. The topological polar surface area (TPSA) is 76.0 Å². The molecule has 1 heterocycles. The van der Waals surface area contributed by atoms with Gasteiger partial charge in [0, 0.05) is 18.3 Å². The average Bonchev–Trinajstić information content (AvgIpc) is 3.10. The van der Waals surface area contributed by atoms with Crippen LogP contribution >= 0.6 is 0 Å². The Morgan fingerprint density at radius 2 is 1.67 bits per heavy atom. The van der Waals surface area contributed by atoms with Gasteiger partial charge in [0.05, 0.1) is 17.9 Å². The van der Waals surface area contributed by atoms with Gasteiger partial charge in [0.2, 0.25) is 5.91 Å². The van der Waals surface area contributed by atoms with Crippen LogP contribution in [0, 0.1) is 20.8 Å². The SMILES string of the molecule is Cc1cc(C)cc(C(=O)NCC(=O)NCCCc2cn(-c3ccccc3)nc2C)c1. The summed E-state index contributed by atoms with van der Waals surface area (Å²) in [6.45, 7) is 6.41. The molecule has 2 N–H and O–H groups in total. The Kier molecular flexibility index (Phi) is 7.01. The molecule has 6 heteroatoms. The Bertz CT molecular complexity index is 1000. The number of rotatable bonds is 8. The minimum atomic E-state index is -0.235. The van der Waals surface area contributed by atoms with Crippen LogP contribution < -0.4 is 10.6 Å². The van der Waals surface area contributed by atoms with E-state index in [1.54, 1.807) is 0 Å². The maximum Gasteiger partial charge on any atom is 0.251 e. The van der Waals surface area contributed by atoms with Gasteiger partial charge in [0.25, 0.3) is 5.91 Å². The summed E-state index contributed by atoms with van der Waals surface area (Å²) < 4.78 is 1.88. The van der Waals surface area contributed by atoms with Crippen molar-refractivity contribution in [3.05, 3.63) is 82.7 Å². The van der Waals surface area contributed by atoms with Crippen molar-refractivity contribution in [1.29, 1.82) is 0 Å². The summed E-state index contributed by atoms with van der Waals surface area (Å²) >= 11 is 0. The third kappa shape index (κ3) is 5.80. The van der Waals surface area contributed by atoms with E-state index in [2.05, 4.69) is 15.7 Å². The molecule has 0 aliphatic heterocycles. The molecule has 3 rings (SSSR count). The van der Waals surface area contributed by atoms with Crippen LogP contribution in [0.5, 0.6) is 0 Å². The monoisotopic (exact) mass is 404 g/mol. The zero-order valence-electron chi connectivity index (χ0n) is 17.7. The fourth-order valence-electron chi connectivity index (χ4n) is 3.39. The second-order valence-corrected chi connectivity index (χ2v) is 7.53. The van der Waals surface area contributed by atoms with Crippen LogP contribution in [0.1, 0.15) is 39.2 Å². The molecular formula is C24H28N4O2. The second-order valence-electron chi connectivity index (χ2n) is 7.53. The fraction of sp³-hybridized carbons (Fsp3) is 0.292. The van der Waals surface area contributed by atoms with Crippen LogP contribution in [0.2, 0.25) is 0 Å². The van der Waals surface area contributed by atoms with Crippen LogP contribution in [0.15, 0.2) is 54.7 Å². The molecular weight excluding hydrogens is 376 g/mol. The standard InChI is InChI=1S/C24H28N4O2/c1-17-12-18(2)14-21(13-17)24(30)26-15-23(29)25-11-7-8-20-16-28(27-19(20)3)22-9-5-4-6-10-22/h4-6,9-10,12-14,16H,7-8,11,15H2,1-3H3,(H,25,29)(H,26,30). The van der Waals surface area contributed by atoms with Gasteiger partial charge in [-0.3, -0.25) is 9.59 Å². The van der Waals surface area contributed by atoms with Gasteiger partial charge in [-0.15, -0.1) is 0 Å². The van der Waals surface area contributed by atoms with Crippen LogP contribution in [0.4, 0.5) is 0 Å². The number of benzene rings is 2. The van der Waals surface area contributed by atoms with Gasteiger partial charge in [-0.2, -0.15) is 5.10 Å². The highest BCUT2D eigenvalue weighted by Crippen LogP contribution is 2.13. The van der Waals surface area contributed by atoms with Crippen molar-refractivity contribution in [1.82, 2.24) is 20.4 Å². The van der Waals surface area contributed by atoms with E-state index in [1.807, 2.05) is 80.2 Å². The van der Waals surface area contributed by atoms with Gasteiger partial charge in [0.1, 0.15) is 0 Å². The molecule has 6 nitrogen and oxygen atoms in total. The lowest BCUT2D eigenvalue weighted by Crippen LogP contribution is -2.37. The molecule has 0 atom stereocenters. The fourth-order valence-corrected chi connectivity index (χ4v) is 3.39. The lowest BCUT2D eigenvalue weighted by atomic mass is 10.1. The summed E-state index contributed by atoms with van der Waals surface area (Å²) in [6.07, 6.45) is 3.67. The van der Waals surface area contributed by atoms with E-state index in [1.165, 1.54) is 0 Å². The maximum atomic E-state index is 12.2. The summed E-state index contributed by atoms with van der Waals surface area (Å²) in [5, 5.41) is 10.1. The van der Waals surface area contributed by atoms with Crippen molar-refractivity contribution in [3.63, 3.8) is 0 Å². The first-order valence-electron chi connectivity index (χ1n) is 10.2. The normalized spacial score (nSPS) is 10.6. The maximum absolute atomic E-state index is 12.2. The lowest BCUT2D eigenvalue weighted by Gasteiger charge is -2.08. The summed E-state index contributed by atoms with van der Waals surface area (Å²) in [6, 6.07) is 15.6. The lowest BCUT2D eigenvalue weighted by molar-refractivity contribution is -0.120. The number of hydrogen-bond acceptors (Lipinski definition) is 3. The highest BCUT2D eigenvalue weighted by atomic mass is 16.2. The number of aromatic nitrogens is 2. The van der Waals surface area contributed by atoms with E-state index in [0.717, 1.165) is 40.9 Å². The molecule has 0 spiro atoms. The molecule has 0 aliphatic rings. The van der Waals surface area contributed by atoms with Crippen molar-refractivity contribution < 1.29 is 9.59 Å². The predicted octanol–water partition coefficient (Wildman–Crippen LogP) is 3.28. The molecule has 0 saturated carbocycles. The van der Waals surface area contributed by atoms with Gasteiger partial charge in [-0.05, 0) is 63.4 Å². The van der Waals surface area contributed by atoms with Crippen LogP contribution in [0.3, 0.4) is 0 Å². The highest BCUT2D eigenvalue weighted by Gasteiger charge is 2.10. The molecule has 0 radical (unpaired) electrons. The zero-order valence-corrected chi connectivity index (χ0v) is 17.7. The number of nitrogens with zero attached hydrogens (tertiary/aromatic N) is 2. The van der Waals surface area contributed by atoms with Crippen LogP contribution in [-0.4, -0.2) is 34.7 Å². The number of aryl methyl sites for hydroxylation is 4. The second kappa shape index (κ2) is 9.87. The number of carbonyl (C=O) groups excluding carboxylic acids is 2. The molecule has 0 saturated heterocycles. The van der Waals surface area contributed by atoms with Crippen LogP contribution in [0.25, 0.3) is 5.69 Å². The van der Waals surface area contributed by atoms with E-state index in [-0.39, 0.29) is 18.4 Å². The van der Waals surface area contributed by atoms with E-state index in [0.29, 0.717) is 12.1 Å². The first-order chi connectivity index (χ1) is 14.4. The molecule has 0 fully saturated rings. The van der Waals surface area contributed by atoms with Gasteiger partial charge in [-0.1, -0.05) is 35.4 Å². The number of para-hydroxylation sites is 1. The largest absolute Gasteiger partial charge is 0.355 e. The van der Waals surface area contributed by atoms with E-state index >= 15 is 0 Å². The minimum Gasteiger partial charge on any atom is -0.355 e. The number of nitrogens with one attached hydrogen (secondary N) is 2. The van der Waals surface area contributed by atoms with Gasteiger partial charge >= 0.3 is 0 Å². The predicted molar refractivity (Wildman–Crippen MR) is 118 cm³/mol. The van der Waals surface area contributed by atoms with Crippen molar-refractivity contribution >= 4 is 11.8 Å². The molecule has 30 heavy (non-hydrogen) atoms. The Labute approximate surface area is 177 Å². The zero-order chi connectivity index (χ0) is 21.5. The van der Waals surface area contributed by atoms with Gasteiger partial charge in [0.15, 0.2) is 0 Å². The molecule has 2 aromatic carbocycles. The average molecular weight is 405 g/mol. The summed E-state index contributed by atoms with van der Waals surface area (Å²) in [7, 11) is 0. The third-order valence-electron chi connectivity index (χ3n) is 4.86. The quantitative estimate of drug-likeness (QED) is 0.566. The molecule has 3 aromatic rings. The number of carbonyl (C=O) groups is 2. The molecule has 0 bridgehead atoms. The Balaban J connectivity index is 1.41. The van der Waals surface area contributed by atoms with E-state index < -0.39 is 0 Å². The Morgan fingerprint density at radius 3 is 2.37 bits per heavy atom. The van der Waals surface area contributed by atoms with E-state index in [9.17, 15) is 9.59 Å². The van der Waals surface area contributed by atoms with E-state index in [4.69, 9.17) is 0 Å². The van der Waals surface area contributed by atoms with Crippen molar-refractivity contribution in [2.75, 3.05) is 13.1 Å². The first-order valence-corrected chi connectivity index (χ1v) is 10.2. The molecule has 0 unspecified atom stereocenters. The van der Waals surface area contributed by atoms with Crippen molar-refractivity contribution in [3.8, 4) is 5.69 Å². The minimum absolute atomic E-state index is 0.0310. The van der Waals surface area contributed by atoms with Crippen molar-refractivity contribution in [2.45, 2.75) is 33.6 Å². The van der Waals surface area contributed by atoms with Gasteiger partial charge < -0.3 is 10.6 Å². The number of hydrogen-bond donors (Lipinski definition) is 2. The van der Waals surface area contributed by atoms with Crippen LogP contribution in [-0.2, 0) is 11.2 Å². The summed E-state index contributed by atoms with van der Waals surface area (Å²) in [5.74, 6) is -0.426. The third-order valence-corrected chi connectivity index (χ3v) is 4.86. The summed E-state index contributed by atoms with van der Waals surface area (Å²) in [4.78, 5) is 24.3. The highest BCUT2D eigenvalue weighted by molar-refractivity contribution is 5.96. The Hall–Kier alpha value is -3.41. The van der Waals surface area contributed by atoms with Gasteiger partial charge in [-0.25, -0.2) is 4.68 Å². The molecule has 0 aliphatic carbocycles. The molecule has 1 aromatic heterocycles. The smallest absolute Gasteiger partial charge is 0.251 e. The molecule has 156 valence electrons. The molecule has 2 amide bonds. The number of amides is 2. The first kappa shape index (κ1) is 21.3. The van der Waals surface area contributed by atoms with Crippen molar-refractivity contribution in [2.24, 2.45) is 0 Å².